The third kappa shape index (κ3) is 2.73. The molecule has 0 bridgehead atoms. The highest BCUT2D eigenvalue weighted by Crippen LogP contribution is 2.24. The molecule has 2 N–H and O–H groups in total. The van der Waals surface area contributed by atoms with Gasteiger partial charge in [-0.2, -0.15) is 0 Å². The van der Waals surface area contributed by atoms with Gasteiger partial charge >= 0.3 is 0 Å². The van der Waals surface area contributed by atoms with E-state index in [0.29, 0.717) is 0 Å². The van der Waals surface area contributed by atoms with E-state index in [0.717, 1.165) is 43.3 Å². The number of rotatable bonds is 4. The lowest BCUT2D eigenvalue weighted by molar-refractivity contribution is 0.436. The summed E-state index contributed by atoms with van der Waals surface area (Å²) < 4.78 is 1.83. The summed E-state index contributed by atoms with van der Waals surface area (Å²) in [4.78, 5) is 11.4. The summed E-state index contributed by atoms with van der Waals surface area (Å²) >= 11 is 0. The number of nitrogens with zero attached hydrogens (tertiary/aromatic N) is 6. The maximum atomic E-state index is 6.25. The summed E-state index contributed by atoms with van der Waals surface area (Å²) in [6.45, 7) is 5.72. The summed E-state index contributed by atoms with van der Waals surface area (Å²) in [5, 5.41) is 7.92. The lowest BCUT2D eigenvalue weighted by Gasteiger charge is -2.17. The zero-order chi connectivity index (χ0) is 14.8. The van der Waals surface area contributed by atoms with Gasteiger partial charge in [0, 0.05) is 36.7 Å². The summed E-state index contributed by atoms with van der Waals surface area (Å²) in [6, 6.07) is 2.20. The van der Waals surface area contributed by atoms with Gasteiger partial charge in [-0.15, -0.1) is 5.10 Å². The molecule has 2 aromatic heterocycles. The molecule has 112 valence electrons. The van der Waals surface area contributed by atoms with Crippen molar-refractivity contribution in [1.82, 2.24) is 25.0 Å². The Balaban J connectivity index is 1.85. The van der Waals surface area contributed by atoms with E-state index in [2.05, 4.69) is 45.1 Å². The Kier molecular flexibility index (Phi) is 3.83. The van der Waals surface area contributed by atoms with Gasteiger partial charge in [-0.25, -0.2) is 14.6 Å². The predicted octanol–water partition coefficient (Wildman–Crippen LogP) is 0.581. The molecule has 3 rings (SSSR count). The molecule has 2 aromatic rings. The molecule has 2 atom stereocenters. The van der Waals surface area contributed by atoms with E-state index in [9.17, 15) is 0 Å². The van der Waals surface area contributed by atoms with Crippen molar-refractivity contribution in [1.29, 1.82) is 0 Å². The van der Waals surface area contributed by atoms with E-state index < -0.39 is 0 Å². The van der Waals surface area contributed by atoms with Crippen molar-refractivity contribution >= 4 is 5.95 Å². The minimum absolute atomic E-state index is 0.00524. The molecule has 0 saturated carbocycles. The van der Waals surface area contributed by atoms with Crippen molar-refractivity contribution in [2.45, 2.75) is 38.8 Å². The van der Waals surface area contributed by atoms with Gasteiger partial charge in [-0.3, -0.25) is 0 Å². The second-order valence-electron chi connectivity index (χ2n) is 5.38. The van der Waals surface area contributed by atoms with Gasteiger partial charge in [0.2, 0.25) is 5.95 Å². The van der Waals surface area contributed by atoms with E-state index >= 15 is 0 Å². The minimum Gasteiger partial charge on any atom is -0.337 e. The van der Waals surface area contributed by atoms with Crippen molar-refractivity contribution in [3.63, 3.8) is 0 Å². The standard InChI is InChI=1S/C14H21N7/c1-3-10-7-11(4-2)18-14(17-10)20-8-12(15)13(9-20)21-6-5-16-19-21/h5-7,12-13H,3-4,8-9,15H2,1-2H3/t12-,13+/m1/s1. The van der Waals surface area contributed by atoms with Crippen molar-refractivity contribution in [3.8, 4) is 0 Å². The first-order valence-corrected chi connectivity index (χ1v) is 7.44. The lowest BCUT2D eigenvalue weighted by atomic mass is 10.2. The second-order valence-corrected chi connectivity index (χ2v) is 5.38. The molecule has 0 radical (unpaired) electrons. The molecule has 1 saturated heterocycles. The molecular weight excluding hydrogens is 266 g/mol. The Morgan fingerprint density at radius 1 is 1.19 bits per heavy atom. The molecule has 1 aliphatic heterocycles. The molecule has 0 aromatic carbocycles. The number of aromatic nitrogens is 5. The molecule has 0 spiro atoms. The Labute approximate surface area is 124 Å². The lowest BCUT2D eigenvalue weighted by Crippen LogP contribution is -2.31. The Morgan fingerprint density at radius 2 is 1.90 bits per heavy atom. The highest BCUT2D eigenvalue weighted by atomic mass is 15.5. The number of anilines is 1. The second kappa shape index (κ2) is 5.77. The molecule has 0 aliphatic carbocycles. The normalized spacial score (nSPS) is 22.0. The van der Waals surface area contributed by atoms with Crippen LogP contribution in [0.1, 0.15) is 31.3 Å². The van der Waals surface area contributed by atoms with Crippen LogP contribution in [-0.2, 0) is 12.8 Å². The number of nitrogens with two attached hydrogens (primary N) is 1. The fraction of sp³-hybridized carbons (Fsp3) is 0.571. The van der Waals surface area contributed by atoms with Crippen LogP contribution < -0.4 is 10.6 Å². The topological polar surface area (TPSA) is 85.8 Å². The van der Waals surface area contributed by atoms with Crippen LogP contribution in [0.15, 0.2) is 18.5 Å². The van der Waals surface area contributed by atoms with Gasteiger partial charge < -0.3 is 10.6 Å². The molecule has 7 heteroatoms. The van der Waals surface area contributed by atoms with Crippen LogP contribution in [0.25, 0.3) is 0 Å². The zero-order valence-corrected chi connectivity index (χ0v) is 12.5. The third-order valence-corrected chi connectivity index (χ3v) is 3.94. The average molecular weight is 287 g/mol. The zero-order valence-electron chi connectivity index (χ0n) is 12.5. The molecular formula is C14H21N7. The van der Waals surface area contributed by atoms with E-state index in [-0.39, 0.29) is 12.1 Å². The SMILES string of the molecule is CCc1cc(CC)nc(N2C[C@@H](N)[C@@H](n3ccnn3)C2)n1. The summed E-state index contributed by atoms with van der Waals surface area (Å²) in [7, 11) is 0. The van der Waals surface area contributed by atoms with Crippen LogP contribution in [-0.4, -0.2) is 44.1 Å². The first kappa shape index (κ1) is 13.9. The maximum Gasteiger partial charge on any atom is 0.225 e. The maximum absolute atomic E-state index is 6.25. The Hall–Kier alpha value is -2.02. The van der Waals surface area contributed by atoms with Crippen LogP contribution in [0.2, 0.25) is 0 Å². The van der Waals surface area contributed by atoms with Gasteiger partial charge in [-0.1, -0.05) is 19.1 Å². The van der Waals surface area contributed by atoms with E-state index in [1.165, 1.54) is 0 Å². The van der Waals surface area contributed by atoms with Crippen molar-refractivity contribution in [3.05, 3.63) is 29.8 Å². The molecule has 1 aliphatic rings. The number of aryl methyl sites for hydroxylation is 2. The molecule has 21 heavy (non-hydrogen) atoms. The first-order chi connectivity index (χ1) is 10.2. The quantitative estimate of drug-likeness (QED) is 0.885. The molecule has 1 fully saturated rings. The third-order valence-electron chi connectivity index (χ3n) is 3.94. The average Bonchev–Trinajstić information content (AvgIpc) is 3.15. The van der Waals surface area contributed by atoms with Gasteiger partial charge in [0.15, 0.2) is 0 Å². The highest BCUT2D eigenvalue weighted by molar-refractivity contribution is 5.36. The van der Waals surface area contributed by atoms with E-state index in [1.807, 2.05) is 10.9 Å². The molecule has 3 heterocycles. The van der Waals surface area contributed by atoms with Gasteiger partial charge in [0.05, 0.1) is 12.2 Å². The van der Waals surface area contributed by atoms with Crippen LogP contribution in [0, 0.1) is 0 Å². The summed E-state index contributed by atoms with van der Waals surface area (Å²) in [5.41, 5.74) is 8.41. The van der Waals surface area contributed by atoms with Gasteiger partial charge in [-0.05, 0) is 18.9 Å². The van der Waals surface area contributed by atoms with Crippen LogP contribution in [0.4, 0.5) is 5.95 Å². The molecule has 0 amide bonds. The summed E-state index contributed by atoms with van der Waals surface area (Å²) in [6.07, 6.45) is 5.36. The van der Waals surface area contributed by atoms with Crippen molar-refractivity contribution in [2.24, 2.45) is 5.73 Å². The van der Waals surface area contributed by atoms with Crippen LogP contribution in [0.3, 0.4) is 0 Å². The Bertz CT molecular complexity index is 573. The largest absolute Gasteiger partial charge is 0.337 e. The highest BCUT2D eigenvalue weighted by Gasteiger charge is 2.33. The fourth-order valence-corrected chi connectivity index (χ4v) is 2.69. The van der Waals surface area contributed by atoms with Gasteiger partial charge in [0.25, 0.3) is 0 Å². The number of hydrogen-bond donors (Lipinski definition) is 1. The monoisotopic (exact) mass is 287 g/mol. The van der Waals surface area contributed by atoms with Crippen molar-refractivity contribution < 1.29 is 0 Å². The predicted molar refractivity (Wildman–Crippen MR) is 80.0 cm³/mol. The van der Waals surface area contributed by atoms with E-state index in [4.69, 9.17) is 5.73 Å². The van der Waals surface area contributed by atoms with Crippen LogP contribution in [0.5, 0.6) is 0 Å². The summed E-state index contributed by atoms with van der Waals surface area (Å²) in [5.74, 6) is 0.782. The smallest absolute Gasteiger partial charge is 0.225 e. The molecule has 0 unspecified atom stereocenters. The minimum atomic E-state index is 0.00524. The number of hydrogen-bond acceptors (Lipinski definition) is 6. The Morgan fingerprint density at radius 3 is 2.48 bits per heavy atom. The van der Waals surface area contributed by atoms with Crippen molar-refractivity contribution in [2.75, 3.05) is 18.0 Å². The fourth-order valence-electron chi connectivity index (χ4n) is 2.69. The van der Waals surface area contributed by atoms with E-state index in [1.54, 1.807) is 6.20 Å². The van der Waals surface area contributed by atoms with Gasteiger partial charge in [0.1, 0.15) is 0 Å². The first-order valence-electron chi connectivity index (χ1n) is 7.44. The van der Waals surface area contributed by atoms with Crippen LogP contribution >= 0.6 is 0 Å². The molecule has 7 nitrogen and oxygen atoms in total.